The van der Waals surface area contributed by atoms with Crippen LogP contribution in [0.1, 0.15) is 5.82 Å². The molecule has 0 aliphatic heterocycles. The van der Waals surface area contributed by atoms with E-state index >= 15 is 0 Å². The molecule has 0 aliphatic carbocycles. The van der Waals surface area contributed by atoms with Crippen molar-refractivity contribution >= 4 is 22.5 Å². The van der Waals surface area contributed by atoms with E-state index in [4.69, 9.17) is 11.6 Å². The molecule has 0 aliphatic rings. The topological polar surface area (TPSA) is 30.7 Å². The lowest BCUT2D eigenvalue weighted by atomic mass is 10.2. The number of hydrogen-bond donors (Lipinski definition) is 0. The van der Waals surface area contributed by atoms with E-state index in [1.165, 1.54) is 0 Å². The van der Waals surface area contributed by atoms with E-state index in [9.17, 15) is 0 Å². The Morgan fingerprint density at radius 2 is 1.88 bits per heavy atom. The van der Waals surface area contributed by atoms with E-state index in [1.54, 1.807) is 12.4 Å². The fourth-order valence-electron chi connectivity index (χ4n) is 1.89. The monoisotopic (exact) mass is 243 g/mol. The SMILES string of the molecule is Clc1cccc2c1ccn2Cc1ncccn1. The summed E-state index contributed by atoms with van der Waals surface area (Å²) in [5.41, 5.74) is 1.10. The molecule has 3 nitrogen and oxygen atoms in total. The van der Waals surface area contributed by atoms with Crippen molar-refractivity contribution in [1.82, 2.24) is 14.5 Å². The summed E-state index contributed by atoms with van der Waals surface area (Å²) in [5, 5.41) is 1.83. The number of halogens is 1. The van der Waals surface area contributed by atoms with E-state index in [0.29, 0.717) is 6.54 Å². The van der Waals surface area contributed by atoms with Crippen molar-refractivity contribution in [3.63, 3.8) is 0 Å². The zero-order valence-corrected chi connectivity index (χ0v) is 9.80. The molecule has 0 saturated carbocycles. The Morgan fingerprint density at radius 3 is 2.71 bits per heavy atom. The van der Waals surface area contributed by atoms with E-state index in [0.717, 1.165) is 21.7 Å². The molecule has 2 heterocycles. The number of aromatic nitrogens is 3. The predicted octanol–water partition coefficient (Wildman–Crippen LogP) is 3.13. The Hall–Kier alpha value is -1.87. The maximum atomic E-state index is 6.13. The number of fused-ring (bicyclic) bond motifs is 1. The first-order valence-electron chi connectivity index (χ1n) is 5.34. The minimum atomic E-state index is 0.657. The largest absolute Gasteiger partial charge is 0.340 e. The van der Waals surface area contributed by atoms with Crippen molar-refractivity contribution in [2.75, 3.05) is 0 Å². The van der Waals surface area contributed by atoms with Crippen molar-refractivity contribution in [2.24, 2.45) is 0 Å². The fraction of sp³-hybridized carbons (Fsp3) is 0.0769. The summed E-state index contributed by atoms with van der Waals surface area (Å²) in [5.74, 6) is 0.796. The first-order chi connectivity index (χ1) is 8.34. The second-order valence-electron chi connectivity index (χ2n) is 3.78. The molecular formula is C13H10ClN3. The van der Waals surface area contributed by atoms with Crippen molar-refractivity contribution in [3.8, 4) is 0 Å². The zero-order valence-electron chi connectivity index (χ0n) is 9.05. The van der Waals surface area contributed by atoms with Crippen LogP contribution in [0.2, 0.25) is 5.02 Å². The van der Waals surface area contributed by atoms with Gasteiger partial charge in [0, 0.05) is 34.5 Å². The van der Waals surface area contributed by atoms with Gasteiger partial charge in [-0.25, -0.2) is 9.97 Å². The molecule has 3 aromatic rings. The average molecular weight is 244 g/mol. The Balaban J connectivity index is 2.05. The molecule has 3 rings (SSSR count). The molecule has 2 aromatic heterocycles. The third-order valence-corrected chi connectivity index (χ3v) is 3.02. The van der Waals surface area contributed by atoms with Gasteiger partial charge in [-0.1, -0.05) is 17.7 Å². The van der Waals surface area contributed by atoms with Gasteiger partial charge in [-0.3, -0.25) is 0 Å². The lowest BCUT2D eigenvalue weighted by Gasteiger charge is -2.04. The van der Waals surface area contributed by atoms with E-state index in [-0.39, 0.29) is 0 Å². The summed E-state index contributed by atoms with van der Waals surface area (Å²) in [6.45, 7) is 0.657. The molecule has 0 unspecified atom stereocenters. The molecular weight excluding hydrogens is 234 g/mol. The van der Waals surface area contributed by atoms with Crippen LogP contribution >= 0.6 is 11.6 Å². The lowest BCUT2D eigenvalue weighted by molar-refractivity contribution is 0.771. The molecule has 0 saturated heterocycles. The smallest absolute Gasteiger partial charge is 0.147 e. The van der Waals surface area contributed by atoms with Crippen molar-refractivity contribution < 1.29 is 0 Å². The van der Waals surface area contributed by atoms with Crippen LogP contribution in [0.5, 0.6) is 0 Å². The quantitative estimate of drug-likeness (QED) is 0.692. The molecule has 0 fully saturated rings. The second kappa shape index (κ2) is 4.18. The van der Waals surface area contributed by atoms with Gasteiger partial charge in [-0.2, -0.15) is 0 Å². The summed E-state index contributed by atoms with van der Waals surface area (Å²) in [6.07, 6.45) is 5.51. The lowest BCUT2D eigenvalue weighted by Crippen LogP contribution is -2.01. The third kappa shape index (κ3) is 1.89. The Bertz CT molecular complexity index is 646. The highest BCUT2D eigenvalue weighted by Crippen LogP contribution is 2.24. The van der Waals surface area contributed by atoms with Gasteiger partial charge in [0.15, 0.2) is 0 Å². The minimum Gasteiger partial charge on any atom is -0.340 e. The van der Waals surface area contributed by atoms with Crippen molar-refractivity contribution in [1.29, 1.82) is 0 Å². The van der Waals surface area contributed by atoms with Crippen molar-refractivity contribution in [3.05, 3.63) is 59.8 Å². The summed E-state index contributed by atoms with van der Waals surface area (Å²) >= 11 is 6.13. The molecule has 1 aromatic carbocycles. The highest BCUT2D eigenvalue weighted by molar-refractivity contribution is 6.35. The van der Waals surface area contributed by atoms with Crippen LogP contribution in [0.15, 0.2) is 48.9 Å². The highest BCUT2D eigenvalue weighted by Gasteiger charge is 2.05. The van der Waals surface area contributed by atoms with Gasteiger partial charge in [-0.05, 0) is 24.3 Å². The Morgan fingerprint density at radius 1 is 1.06 bits per heavy atom. The summed E-state index contributed by atoms with van der Waals surface area (Å²) in [4.78, 5) is 8.44. The molecule has 17 heavy (non-hydrogen) atoms. The maximum absolute atomic E-state index is 6.13. The van der Waals surface area contributed by atoms with Gasteiger partial charge < -0.3 is 4.57 Å². The number of nitrogens with zero attached hydrogens (tertiary/aromatic N) is 3. The molecule has 0 bridgehead atoms. The summed E-state index contributed by atoms with van der Waals surface area (Å²) < 4.78 is 2.09. The molecule has 0 radical (unpaired) electrons. The van der Waals surface area contributed by atoms with Crippen LogP contribution in [0.4, 0.5) is 0 Å². The third-order valence-electron chi connectivity index (χ3n) is 2.69. The molecule has 0 amide bonds. The highest BCUT2D eigenvalue weighted by atomic mass is 35.5. The van der Waals surface area contributed by atoms with Crippen LogP contribution < -0.4 is 0 Å². The van der Waals surface area contributed by atoms with Gasteiger partial charge in [0.1, 0.15) is 5.82 Å². The van der Waals surface area contributed by atoms with E-state index in [1.807, 2.05) is 36.5 Å². The van der Waals surface area contributed by atoms with Crippen LogP contribution in [-0.4, -0.2) is 14.5 Å². The predicted molar refractivity (Wildman–Crippen MR) is 68.1 cm³/mol. The summed E-state index contributed by atoms with van der Waals surface area (Å²) in [6, 6.07) is 9.72. The number of rotatable bonds is 2. The average Bonchev–Trinajstić information content (AvgIpc) is 2.76. The van der Waals surface area contributed by atoms with Gasteiger partial charge in [0.2, 0.25) is 0 Å². The normalized spacial score (nSPS) is 10.9. The first kappa shape index (κ1) is 10.3. The van der Waals surface area contributed by atoms with Gasteiger partial charge in [-0.15, -0.1) is 0 Å². The Labute approximate surface area is 104 Å². The Kier molecular flexibility index (Phi) is 2.53. The number of hydrogen-bond acceptors (Lipinski definition) is 2. The summed E-state index contributed by atoms with van der Waals surface area (Å²) in [7, 11) is 0. The molecule has 4 heteroatoms. The zero-order chi connectivity index (χ0) is 11.7. The fourth-order valence-corrected chi connectivity index (χ4v) is 2.12. The van der Waals surface area contributed by atoms with Crippen LogP contribution in [0.25, 0.3) is 10.9 Å². The van der Waals surface area contributed by atoms with Crippen LogP contribution in [0.3, 0.4) is 0 Å². The minimum absolute atomic E-state index is 0.657. The molecule has 0 atom stereocenters. The van der Waals surface area contributed by atoms with Crippen LogP contribution in [0, 0.1) is 0 Å². The van der Waals surface area contributed by atoms with Gasteiger partial charge in [0.05, 0.1) is 6.54 Å². The number of benzene rings is 1. The molecule has 0 spiro atoms. The molecule has 0 N–H and O–H groups in total. The second-order valence-corrected chi connectivity index (χ2v) is 4.19. The van der Waals surface area contributed by atoms with Crippen LogP contribution in [-0.2, 0) is 6.54 Å². The van der Waals surface area contributed by atoms with E-state index in [2.05, 4.69) is 14.5 Å². The first-order valence-corrected chi connectivity index (χ1v) is 5.71. The van der Waals surface area contributed by atoms with Gasteiger partial charge in [0.25, 0.3) is 0 Å². The maximum Gasteiger partial charge on any atom is 0.147 e. The van der Waals surface area contributed by atoms with Gasteiger partial charge >= 0.3 is 0 Å². The standard InChI is InChI=1S/C13H10ClN3/c14-11-3-1-4-12-10(11)5-8-17(12)9-13-15-6-2-7-16-13/h1-8H,9H2. The van der Waals surface area contributed by atoms with Crippen molar-refractivity contribution in [2.45, 2.75) is 6.54 Å². The molecule has 84 valence electrons. The van der Waals surface area contributed by atoms with E-state index < -0.39 is 0 Å².